The number of aromatic amines is 1. The van der Waals surface area contributed by atoms with Crippen molar-refractivity contribution in [3.63, 3.8) is 0 Å². The Morgan fingerprint density at radius 1 is 1.11 bits per heavy atom. The first-order chi connectivity index (χ1) is 18.5. The van der Waals surface area contributed by atoms with Crippen LogP contribution in [-0.2, 0) is 13.0 Å². The van der Waals surface area contributed by atoms with E-state index in [4.69, 9.17) is 9.97 Å². The number of nitrogens with zero attached hydrogens (tertiary/aromatic N) is 5. The summed E-state index contributed by atoms with van der Waals surface area (Å²) < 4.78 is 13.3. The maximum atomic E-state index is 13.3. The molecule has 0 fully saturated rings. The highest BCUT2D eigenvalue weighted by atomic mass is 19.1. The molecule has 11 heteroatoms. The van der Waals surface area contributed by atoms with E-state index >= 15 is 0 Å². The number of fused-ring (bicyclic) bond motifs is 1. The minimum Gasteiger partial charge on any atom is -0.395 e. The van der Waals surface area contributed by atoms with Crippen molar-refractivity contribution >= 4 is 23.3 Å². The van der Waals surface area contributed by atoms with Gasteiger partial charge in [0.1, 0.15) is 11.6 Å². The van der Waals surface area contributed by atoms with E-state index in [1.165, 1.54) is 12.5 Å². The Bertz CT molecular complexity index is 1410. The normalized spacial score (nSPS) is 12.3. The van der Waals surface area contributed by atoms with Gasteiger partial charge in [-0.1, -0.05) is 26.3 Å². The highest BCUT2D eigenvalue weighted by Gasteiger charge is 2.24. The van der Waals surface area contributed by atoms with Crippen LogP contribution in [0.1, 0.15) is 34.4 Å². The summed E-state index contributed by atoms with van der Waals surface area (Å²) in [5, 5.41) is 15.7. The van der Waals surface area contributed by atoms with Gasteiger partial charge in [0.25, 0.3) is 0 Å². The van der Waals surface area contributed by atoms with E-state index in [9.17, 15) is 14.3 Å². The fourth-order valence-electron chi connectivity index (χ4n) is 3.90. The lowest BCUT2D eigenvalue weighted by Gasteiger charge is -2.29. The second kappa shape index (κ2) is 12.7. The Hall–Kier alpha value is -4.38. The van der Waals surface area contributed by atoms with Gasteiger partial charge in [-0.3, -0.25) is 4.79 Å². The number of benzene rings is 1. The Morgan fingerprint density at radius 2 is 1.84 bits per heavy atom. The summed E-state index contributed by atoms with van der Waals surface area (Å²) in [6, 6.07) is 12.4. The summed E-state index contributed by atoms with van der Waals surface area (Å²) in [4.78, 5) is 33.9. The van der Waals surface area contributed by atoms with Gasteiger partial charge >= 0.3 is 0 Å². The third kappa shape index (κ3) is 6.68. The second-order valence-corrected chi connectivity index (χ2v) is 8.68. The van der Waals surface area contributed by atoms with Gasteiger partial charge in [0, 0.05) is 38.8 Å². The van der Waals surface area contributed by atoms with Gasteiger partial charge in [-0.2, -0.15) is 0 Å². The number of aliphatic hydroxyl groups is 1. The summed E-state index contributed by atoms with van der Waals surface area (Å²) in [5.41, 5.74) is 3.22. The van der Waals surface area contributed by atoms with Gasteiger partial charge in [0.2, 0.25) is 11.5 Å². The fraction of sp³-hybridized carbons (Fsp3) is 0.296. The number of pyridine rings is 1. The van der Waals surface area contributed by atoms with Crippen molar-refractivity contribution in [3.05, 3.63) is 82.3 Å². The molecule has 10 nitrogen and oxygen atoms in total. The molecule has 0 amide bonds. The average molecular weight is 523 g/mol. The number of nitrogens with one attached hydrogen (secondary N) is 3. The zero-order valence-corrected chi connectivity index (χ0v) is 21.4. The van der Waals surface area contributed by atoms with E-state index in [0.29, 0.717) is 49.5 Å². The summed E-state index contributed by atoms with van der Waals surface area (Å²) in [7, 11) is 0. The Kier molecular flexibility index (Phi) is 8.94. The molecule has 0 saturated heterocycles. The van der Waals surface area contributed by atoms with Crippen LogP contribution >= 0.6 is 0 Å². The average Bonchev–Trinajstić information content (AvgIpc) is 2.92. The highest BCUT2D eigenvalue weighted by molar-refractivity contribution is 5.65. The van der Waals surface area contributed by atoms with E-state index in [2.05, 4.69) is 39.4 Å². The number of hydrogen-bond acceptors (Lipinski definition) is 9. The fourth-order valence-corrected chi connectivity index (χ4v) is 3.90. The van der Waals surface area contributed by atoms with Crippen molar-refractivity contribution in [1.29, 1.82) is 0 Å². The number of aliphatic hydroxyl groups excluding tert-OH is 1. The number of anilines is 4. The van der Waals surface area contributed by atoms with Crippen molar-refractivity contribution in [2.75, 3.05) is 35.2 Å². The van der Waals surface area contributed by atoms with Crippen LogP contribution in [0.5, 0.6) is 0 Å². The van der Waals surface area contributed by atoms with E-state index < -0.39 is 5.82 Å². The van der Waals surface area contributed by atoms with Crippen LogP contribution in [0.3, 0.4) is 0 Å². The molecular weight excluding hydrogens is 487 g/mol. The molecular formula is C27H35FN8O2. The molecule has 1 aliphatic rings. The molecule has 0 radical (unpaired) electrons. The molecule has 0 saturated carbocycles. The van der Waals surface area contributed by atoms with Crippen molar-refractivity contribution in [2.45, 2.75) is 33.2 Å². The van der Waals surface area contributed by atoms with Crippen LogP contribution in [0.2, 0.25) is 0 Å². The van der Waals surface area contributed by atoms with Gasteiger partial charge in [0.15, 0.2) is 11.6 Å². The van der Waals surface area contributed by atoms with Crippen LogP contribution in [0, 0.1) is 5.82 Å². The van der Waals surface area contributed by atoms with Gasteiger partial charge in [-0.15, -0.1) is 0 Å². The van der Waals surface area contributed by atoms with Crippen molar-refractivity contribution in [1.82, 2.24) is 24.9 Å². The molecule has 4 N–H and O–H groups in total. The van der Waals surface area contributed by atoms with Crippen molar-refractivity contribution < 1.29 is 12.4 Å². The molecule has 0 aliphatic carbocycles. The molecule has 38 heavy (non-hydrogen) atoms. The summed E-state index contributed by atoms with van der Waals surface area (Å²) in [5.74, 6) is 1.77. The van der Waals surface area contributed by atoms with Crippen LogP contribution < -0.4 is 21.1 Å². The molecule has 0 unspecified atom stereocenters. The number of halogens is 1. The standard InChI is InChI=1S/C24H23FN8O2.C3H8.2H2/c25-16-12-27-24(28-13-16)33-10-8-18-19(14-33)30-22(32-23(18)26-9-11-34)15-4-6-17(7-5-15)29-20-2-1-3-21(35)31-20;1-3-2;;/h1-7,12-13,34H,8-11,14H2,(H,26,30,32)(H2,29,31,35);3H2,1-2H3;2*1H. The van der Waals surface area contributed by atoms with Gasteiger partial charge in [0.05, 0.1) is 31.2 Å². The predicted octanol–water partition coefficient (Wildman–Crippen LogP) is 4.38. The first-order valence-corrected chi connectivity index (χ1v) is 12.5. The van der Waals surface area contributed by atoms with Gasteiger partial charge < -0.3 is 25.6 Å². The quantitative estimate of drug-likeness (QED) is 0.279. The molecule has 4 heterocycles. The predicted molar refractivity (Wildman–Crippen MR) is 150 cm³/mol. The van der Waals surface area contributed by atoms with Crippen LogP contribution in [0.4, 0.5) is 27.7 Å². The third-order valence-electron chi connectivity index (χ3n) is 5.55. The lowest BCUT2D eigenvalue weighted by molar-refractivity contribution is 0.311. The third-order valence-corrected chi connectivity index (χ3v) is 5.55. The highest BCUT2D eigenvalue weighted by Crippen LogP contribution is 2.29. The SMILES string of the molecule is CCC.O=c1cccc(Nc2ccc(-c3nc4c(c(NCCO)n3)CCN(c3ncc(F)cn3)C4)cc2)[nH]1.[HH].[HH]. The Balaban J connectivity index is 0.00000107. The van der Waals surface area contributed by atoms with Crippen molar-refractivity contribution in [3.8, 4) is 11.4 Å². The first kappa shape index (κ1) is 26.7. The van der Waals surface area contributed by atoms with Gasteiger partial charge in [-0.05, 0) is 36.8 Å². The number of H-pyrrole nitrogens is 1. The lowest BCUT2D eigenvalue weighted by Crippen LogP contribution is -2.33. The molecule has 1 aliphatic heterocycles. The molecule has 0 spiro atoms. The zero-order chi connectivity index (χ0) is 26.9. The van der Waals surface area contributed by atoms with Crippen LogP contribution in [0.25, 0.3) is 11.4 Å². The minimum absolute atomic E-state index is 0. The number of hydrogen-bond donors (Lipinski definition) is 4. The Labute approximate surface area is 223 Å². The maximum Gasteiger partial charge on any atom is 0.249 e. The molecule has 1 aromatic carbocycles. The molecule has 5 rings (SSSR count). The summed E-state index contributed by atoms with van der Waals surface area (Å²) in [6.07, 6.45) is 4.21. The molecule has 4 aromatic rings. The van der Waals surface area contributed by atoms with E-state index in [0.717, 1.165) is 34.9 Å². The first-order valence-electron chi connectivity index (χ1n) is 12.5. The van der Waals surface area contributed by atoms with Crippen LogP contribution in [0.15, 0.2) is 59.7 Å². The minimum atomic E-state index is -0.483. The van der Waals surface area contributed by atoms with Gasteiger partial charge in [-0.25, -0.2) is 24.3 Å². The van der Waals surface area contributed by atoms with Crippen molar-refractivity contribution in [2.24, 2.45) is 0 Å². The second-order valence-electron chi connectivity index (χ2n) is 8.68. The maximum absolute atomic E-state index is 13.3. The topological polar surface area (TPSA) is 132 Å². The van der Waals surface area contributed by atoms with Crippen LogP contribution in [-0.4, -0.2) is 49.7 Å². The largest absolute Gasteiger partial charge is 0.395 e. The number of aromatic nitrogens is 5. The molecule has 202 valence electrons. The zero-order valence-electron chi connectivity index (χ0n) is 21.4. The number of rotatable bonds is 7. The summed E-state index contributed by atoms with van der Waals surface area (Å²) >= 11 is 0. The summed E-state index contributed by atoms with van der Waals surface area (Å²) in [6.45, 7) is 5.68. The van der Waals surface area contributed by atoms with E-state index in [1.54, 1.807) is 12.1 Å². The monoisotopic (exact) mass is 522 g/mol. The van der Waals surface area contributed by atoms with E-state index in [-0.39, 0.29) is 15.0 Å². The molecule has 0 atom stereocenters. The molecule has 0 bridgehead atoms. The molecule has 3 aromatic heterocycles. The smallest absolute Gasteiger partial charge is 0.249 e. The Morgan fingerprint density at radius 3 is 2.53 bits per heavy atom. The lowest BCUT2D eigenvalue weighted by atomic mass is 10.0. The van der Waals surface area contributed by atoms with E-state index in [1.807, 2.05) is 29.2 Å².